The Morgan fingerprint density at radius 2 is 2.12 bits per heavy atom. The van der Waals surface area contributed by atoms with Crippen LogP contribution in [0, 0.1) is 11.8 Å². The number of carbonyl (C=O) groups is 1. The molecule has 0 spiro atoms. The predicted octanol–water partition coefficient (Wildman–Crippen LogP) is 3.24. The number of hydrogen-bond donors (Lipinski definition) is 3. The van der Waals surface area contributed by atoms with Crippen LogP contribution in [0.4, 0.5) is 5.69 Å². The molecule has 1 unspecified atom stereocenters. The molecule has 2 aliphatic heterocycles. The van der Waals surface area contributed by atoms with Gasteiger partial charge < -0.3 is 20.4 Å². The molecule has 5 nitrogen and oxygen atoms in total. The molecule has 5 heteroatoms. The average Bonchev–Trinajstić information content (AvgIpc) is 3.11. The topological polar surface area (TPSA) is 66.3 Å². The van der Waals surface area contributed by atoms with Gasteiger partial charge in [-0.2, -0.15) is 0 Å². The van der Waals surface area contributed by atoms with Crippen LogP contribution < -0.4 is 16.0 Å². The van der Waals surface area contributed by atoms with Gasteiger partial charge in [0.2, 0.25) is 0 Å². The lowest BCUT2D eigenvalue weighted by Crippen LogP contribution is -2.33. The van der Waals surface area contributed by atoms with Crippen LogP contribution in [0.3, 0.4) is 0 Å². The van der Waals surface area contributed by atoms with Crippen LogP contribution in [0.2, 0.25) is 0 Å². The molecule has 1 saturated carbocycles. The minimum atomic E-state index is 0.0393. The molecular weight excluding hydrogens is 314 g/mol. The second-order valence-corrected chi connectivity index (χ2v) is 7.48. The molecule has 3 heterocycles. The van der Waals surface area contributed by atoms with Gasteiger partial charge in [0.1, 0.15) is 5.76 Å². The van der Waals surface area contributed by atoms with E-state index in [1.165, 1.54) is 18.4 Å². The number of carbonyl (C=O) groups excluding carboxylic acids is 1. The van der Waals surface area contributed by atoms with Gasteiger partial charge in [0.15, 0.2) is 0 Å². The molecule has 5 rings (SSSR count). The van der Waals surface area contributed by atoms with Gasteiger partial charge in [-0.1, -0.05) is 0 Å². The molecule has 1 amide bonds. The first-order chi connectivity index (χ1) is 12.3. The number of anilines is 1. The van der Waals surface area contributed by atoms with E-state index >= 15 is 0 Å². The molecule has 0 radical (unpaired) electrons. The number of rotatable bonds is 4. The minimum Gasteiger partial charge on any atom is -0.467 e. The van der Waals surface area contributed by atoms with Crippen molar-refractivity contribution < 1.29 is 9.21 Å². The molecule has 3 N–H and O–H groups in total. The third kappa shape index (κ3) is 2.72. The average molecular weight is 337 g/mol. The van der Waals surface area contributed by atoms with Crippen molar-refractivity contribution in [1.82, 2.24) is 10.6 Å². The maximum absolute atomic E-state index is 12.4. The van der Waals surface area contributed by atoms with Crippen LogP contribution in [-0.2, 0) is 0 Å². The van der Waals surface area contributed by atoms with Crippen molar-refractivity contribution in [3.05, 3.63) is 53.5 Å². The van der Waals surface area contributed by atoms with E-state index in [2.05, 4.69) is 22.0 Å². The first kappa shape index (κ1) is 15.0. The zero-order valence-corrected chi connectivity index (χ0v) is 14.1. The Hall–Kier alpha value is -2.27. The van der Waals surface area contributed by atoms with Crippen LogP contribution >= 0.6 is 0 Å². The summed E-state index contributed by atoms with van der Waals surface area (Å²) < 4.78 is 5.66. The molecule has 2 fully saturated rings. The molecule has 1 aromatic carbocycles. The van der Waals surface area contributed by atoms with E-state index in [0.29, 0.717) is 11.8 Å². The van der Waals surface area contributed by atoms with Gasteiger partial charge in [-0.3, -0.25) is 4.79 Å². The highest BCUT2D eigenvalue weighted by atomic mass is 16.3. The Labute approximate surface area is 147 Å². The fourth-order valence-electron chi connectivity index (χ4n) is 4.20. The molecule has 2 aromatic rings. The Morgan fingerprint density at radius 1 is 1.20 bits per heavy atom. The van der Waals surface area contributed by atoms with E-state index < -0.39 is 0 Å². The molecule has 130 valence electrons. The van der Waals surface area contributed by atoms with Crippen molar-refractivity contribution in [2.45, 2.75) is 31.3 Å². The van der Waals surface area contributed by atoms with Gasteiger partial charge >= 0.3 is 0 Å². The normalized spacial score (nSPS) is 27.3. The highest BCUT2D eigenvalue weighted by Gasteiger charge is 2.41. The number of benzene rings is 1. The quantitative estimate of drug-likeness (QED) is 0.801. The SMILES string of the molecule is O=C(NCC1CC1)c1ccc2c(c1)[C@H]1NCC[C@H]1C(c1ccco1)N2. The Bertz CT molecular complexity index is 782. The largest absolute Gasteiger partial charge is 0.467 e. The summed E-state index contributed by atoms with van der Waals surface area (Å²) >= 11 is 0. The number of fused-ring (bicyclic) bond motifs is 3. The van der Waals surface area contributed by atoms with E-state index in [4.69, 9.17) is 4.42 Å². The Kier molecular flexibility index (Phi) is 3.55. The van der Waals surface area contributed by atoms with Crippen molar-refractivity contribution in [3.63, 3.8) is 0 Å². The first-order valence-electron chi connectivity index (χ1n) is 9.25. The highest BCUT2D eigenvalue weighted by molar-refractivity contribution is 5.95. The van der Waals surface area contributed by atoms with Gasteiger partial charge in [0, 0.05) is 29.8 Å². The van der Waals surface area contributed by atoms with Crippen molar-refractivity contribution in [3.8, 4) is 0 Å². The van der Waals surface area contributed by atoms with Crippen LogP contribution in [-0.4, -0.2) is 19.0 Å². The minimum absolute atomic E-state index is 0.0393. The lowest BCUT2D eigenvalue weighted by Gasteiger charge is -2.36. The zero-order chi connectivity index (χ0) is 16.8. The summed E-state index contributed by atoms with van der Waals surface area (Å²) in [5.74, 6) is 2.15. The van der Waals surface area contributed by atoms with Gasteiger partial charge in [-0.15, -0.1) is 0 Å². The summed E-state index contributed by atoms with van der Waals surface area (Å²) in [4.78, 5) is 12.4. The molecule has 25 heavy (non-hydrogen) atoms. The summed E-state index contributed by atoms with van der Waals surface area (Å²) in [6.45, 7) is 1.80. The Balaban J connectivity index is 1.43. The van der Waals surface area contributed by atoms with E-state index in [-0.39, 0.29) is 18.0 Å². The highest BCUT2D eigenvalue weighted by Crippen LogP contribution is 2.47. The van der Waals surface area contributed by atoms with Gasteiger partial charge in [-0.25, -0.2) is 0 Å². The fourth-order valence-corrected chi connectivity index (χ4v) is 4.20. The standard InChI is InChI=1S/C20H23N3O2/c24-20(22-11-12-3-4-12)13-5-6-16-15(10-13)18-14(7-8-21-18)19(23-16)17-2-1-9-25-17/h1-2,5-6,9-10,12,14,18-19,21,23H,3-4,7-8,11H2,(H,22,24)/t14-,18+,19?/m1/s1. The monoisotopic (exact) mass is 337 g/mol. The van der Waals surface area contributed by atoms with E-state index in [9.17, 15) is 4.79 Å². The second kappa shape index (κ2) is 5.92. The first-order valence-corrected chi connectivity index (χ1v) is 9.25. The van der Waals surface area contributed by atoms with Crippen molar-refractivity contribution >= 4 is 11.6 Å². The van der Waals surface area contributed by atoms with E-state index in [0.717, 1.165) is 36.5 Å². The number of hydrogen-bond acceptors (Lipinski definition) is 4. The van der Waals surface area contributed by atoms with E-state index in [1.54, 1.807) is 6.26 Å². The molecule has 1 aliphatic carbocycles. The lowest BCUT2D eigenvalue weighted by atomic mass is 9.82. The number of amides is 1. The summed E-state index contributed by atoms with van der Waals surface area (Å²) in [5, 5.41) is 10.3. The predicted molar refractivity (Wildman–Crippen MR) is 95.4 cm³/mol. The van der Waals surface area contributed by atoms with Gasteiger partial charge in [-0.05, 0) is 67.6 Å². The lowest BCUT2D eigenvalue weighted by molar-refractivity contribution is 0.0951. The fraction of sp³-hybridized carbons (Fsp3) is 0.450. The summed E-state index contributed by atoms with van der Waals surface area (Å²) in [6, 6.07) is 10.4. The number of furan rings is 1. The van der Waals surface area contributed by atoms with Crippen LogP contribution in [0.25, 0.3) is 0 Å². The molecular formula is C20H23N3O2. The molecule has 3 atom stereocenters. The molecule has 1 aromatic heterocycles. The molecule has 0 bridgehead atoms. The van der Waals surface area contributed by atoms with Crippen LogP contribution in [0.1, 0.15) is 53.0 Å². The summed E-state index contributed by atoms with van der Waals surface area (Å²) in [5.41, 5.74) is 3.05. The zero-order valence-electron chi connectivity index (χ0n) is 14.1. The molecule has 3 aliphatic rings. The molecule has 1 saturated heterocycles. The van der Waals surface area contributed by atoms with Crippen molar-refractivity contribution in [1.29, 1.82) is 0 Å². The maximum Gasteiger partial charge on any atom is 0.251 e. The van der Waals surface area contributed by atoms with E-state index in [1.807, 2.05) is 24.3 Å². The van der Waals surface area contributed by atoms with Crippen molar-refractivity contribution in [2.75, 3.05) is 18.4 Å². The van der Waals surface area contributed by atoms with Crippen molar-refractivity contribution in [2.24, 2.45) is 11.8 Å². The number of nitrogens with one attached hydrogen (secondary N) is 3. The van der Waals surface area contributed by atoms with Gasteiger partial charge in [0.25, 0.3) is 5.91 Å². The third-order valence-electron chi connectivity index (χ3n) is 5.76. The smallest absolute Gasteiger partial charge is 0.251 e. The maximum atomic E-state index is 12.4. The second-order valence-electron chi connectivity index (χ2n) is 7.48. The van der Waals surface area contributed by atoms with Crippen LogP contribution in [0.5, 0.6) is 0 Å². The van der Waals surface area contributed by atoms with Crippen LogP contribution in [0.15, 0.2) is 41.0 Å². The third-order valence-corrected chi connectivity index (χ3v) is 5.76. The Morgan fingerprint density at radius 3 is 2.92 bits per heavy atom. The summed E-state index contributed by atoms with van der Waals surface area (Å²) in [7, 11) is 0. The van der Waals surface area contributed by atoms with Gasteiger partial charge in [0.05, 0.1) is 12.3 Å². The summed E-state index contributed by atoms with van der Waals surface area (Å²) in [6.07, 6.45) is 5.32.